The van der Waals surface area contributed by atoms with E-state index < -0.39 is 12.3 Å². The number of rotatable bonds is 2. The van der Waals surface area contributed by atoms with E-state index >= 15 is 0 Å². The van der Waals surface area contributed by atoms with E-state index in [1.165, 1.54) is 37.5 Å². The smallest absolute Gasteiger partial charge is 0.222 e. The Morgan fingerprint density at radius 3 is 1.32 bits per heavy atom. The van der Waals surface area contributed by atoms with Gasteiger partial charge >= 0.3 is 0 Å². The molecule has 1 fully saturated rings. The van der Waals surface area contributed by atoms with Crippen molar-refractivity contribution in [3.8, 4) is 0 Å². The molecule has 0 aromatic rings. The maximum absolute atomic E-state index is 11.6. The van der Waals surface area contributed by atoms with E-state index in [4.69, 9.17) is 0 Å². The summed E-state index contributed by atoms with van der Waals surface area (Å²) >= 11 is 0. The minimum atomic E-state index is -0.761. The molecule has 2 N–H and O–H groups in total. The van der Waals surface area contributed by atoms with Crippen molar-refractivity contribution in [2.75, 3.05) is 6.67 Å². The van der Waals surface area contributed by atoms with Gasteiger partial charge in [-0.15, -0.1) is 0 Å². The zero-order valence-electron chi connectivity index (χ0n) is 11.4. The number of carbonyl (C=O) groups is 4. The Bertz CT molecular complexity index is 385. The molecular formula is C11H18N4O4. The first kappa shape index (κ1) is 14.9. The standard InChI is InChI=1S/C11H18N4O4/c1-6(16)12-10-11(13-7(2)17)15(9(4)19)5-14(10)8(3)18/h10-11H,5H2,1-4H3,(H,12,16)(H,13,17). The molecule has 1 aliphatic heterocycles. The van der Waals surface area contributed by atoms with Crippen molar-refractivity contribution in [3.05, 3.63) is 0 Å². The average Bonchev–Trinajstić information content (AvgIpc) is 2.56. The molecule has 1 aliphatic rings. The number of nitrogens with one attached hydrogen (secondary N) is 2. The molecule has 8 heteroatoms. The maximum Gasteiger partial charge on any atom is 0.222 e. The van der Waals surface area contributed by atoms with Crippen LogP contribution in [0, 0.1) is 0 Å². The van der Waals surface area contributed by atoms with E-state index in [2.05, 4.69) is 10.6 Å². The minimum Gasteiger partial charge on any atom is -0.333 e. The minimum absolute atomic E-state index is 0.0283. The quantitative estimate of drug-likeness (QED) is 0.643. The highest BCUT2D eigenvalue weighted by Gasteiger charge is 2.43. The highest BCUT2D eigenvalue weighted by molar-refractivity contribution is 5.81. The fraction of sp³-hybridized carbons (Fsp3) is 0.636. The largest absolute Gasteiger partial charge is 0.333 e. The number of amides is 4. The van der Waals surface area contributed by atoms with Crippen LogP contribution in [0.25, 0.3) is 0 Å². The summed E-state index contributed by atoms with van der Waals surface area (Å²) in [5.74, 6) is -1.29. The van der Waals surface area contributed by atoms with Gasteiger partial charge in [-0.05, 0) is 0 Å². The lowest BCUT2D eigenvalue weighted by Gasteiger charge is -2.28. The van der Waals surface area contributed by atoms with Gasteiger partial charge in [0.25, 0.3) is 0 Å². The highest BCUT2D eigenvalue weighted by atomic mass is 16.2. The lowest BCUT2D eigenvalue weighted by atomic mass is 10.3. The second-order valence-corrected chi connectivity index (χ2v) is 4.41. The molecular weight excluding hydrogens is 252 g/mol. The summed E-state index contributed by atoms with van der Waals surface area (Å²) in [4.78, 5) is 48.2. The number of carbonyl (C=O) groups excluding carboxylic acids is 4. The van der Waals surface area contributed by atoms with Crippen molar-refractivity contribution < 1.29 is 19.2 Å². The molecule has 19 heavy (non-hydrogen) atoms. The molecule has 0 aromatic carbocycles. The molecule has 1 heterocycles. The number of hydrogen-bond donors (Lipinski definition) is 2. The van der Waals surface area contributed by atoms with Gasteiger partial charge < -0.3 is 20.4 Å². The third-order valence-corrected chi connectivity index (χ3v) is 2.79. The van der Waals surface area contributed by atoms with Crippen LogP contribution in [0.3, 0.4) is 0 Å². The van der Waals surface area contributed by atoms with Gasteiger partial charge in [-0.25, -0.2) is 0 Å². The Balaban J connectivity index is 3.06. The molecule has 0 spiro atoms. The summed E-state index contributed by atoms with van der Waals surface area (Å²) in [7, 11) is 0. The van der Waals surface area contributed by atoms with E-state index in [9.17, 15) is 19.2 Å². The van der Waals surface area contributed by atoms with Gasteiger partial charge in [0.15, 0.2) is 0 Å². The molecule has 0 saturated carbocycles. The van der Waals surface area contributed by atoms with Crippen LogP contribution in [0.1, 0.15) is 27.7 Å². The average molecular weight is 270 g/mol. The zero-order valence-corrected chi connectivity index (χ0v) is 11.4. The van der Waals surface area contributed by atoms with Gasteiger partial charge in [0.2, 0.25) is 23.6 Å². The Morgan fingerprint density at radius 1 is 0.789 bits per heavy atom. The lowest BCUT2D eigenvalue weighted by molar-refractivity contribution is -0.133. The first-order valence-electron chi connectivity index (χ1n) is 5.82. The van der Waals surface area contributed by atoms with Crippen LogP contribution in [0.2, 0.25) is 0 Å². The Labute approximate surface area is 111 Å². The maximum atomic E-state index is 11.6. The lowest BCUT2D eigenvalue weighted by Crippen LogP contribution is -2.58. The van der Waals surface area contributed by atoms with Gasteiger partial charge in [0.05, 0.1) is 6.67 Å². The molecule has 8 nitrogen and oxygen atoms in total. The fourth-order valence-electron chi connectivity index (χ4n) is 2.00. The normalized spacial score (nSPS) is 22.1. The predicted octanol–water partition coefficient (Wildman–Crippen LogP) is -1.42. The van der Waals surface area contributed by atoms with Crippen molar-refractivity contribution in [1.82, 2.24) is 20.4 Å². The molecule has 1 rings (SSSR count). The third-order valence-electron chi connectivity index (χ3n) is 2.79. The van der Waals surface area contributed by atoms with Crippen LogP contribution in [-0.4, -0.2) is 52.4 Å². The Kier molecular flexibility index (Phi) is 4.47. The summed E-state index contributed by atoms with van der Waals surface area (Å²) in [5, 5.41) is 5.14. The van der Waals surface area contributed by atoms with Gasteiger partial charge in [-0.2, -0.15) is 0 Å². The fourth-order valence-corrected chi connectivity index (χ4v) is 2.00. The number of nitrogens with zero attached hydrogens (tertiary/aromatic N) is 2. The zero-order chi connectivity index (χ0) is 14.7. The second kappa shape index (κ2) is 5.68. The molecule has 4 amide bonds. The molecule has 2 atom stereocenters. The SMILES string of the molecule is CC(=O)NC1C(NC(C)=O)N(C(C)=O)CN1C(C)=O. The van der Waals surface area contributed by atoms with Crippen molar-refractivity contribution in [3.63, 3.8) is 0 Å². The van der Waals surface area contributed by atoms with Crippen molar-refractivity contribution in [2.45, 2.75) is 40.0 Å². The van der Waals surface area contributed by atoms with Gasteiger partial charge in [0.1, 0.15) is 12.3 Å². The van der Waals surface area contributed by atoms with Crippen molar-refractivity contribution in [1.29, 1.82) is 0 Å². The molecule has 2 unspecified atom stereocenters. The van der Waals surface area contributed by atoms with Gasteiger partial charge in [-0.3, -0.25) is 19.2 Å². The Morgan fingerprint density at radius 2 is 1.11 bits per heavy atom. The predicted molar refractivity (Wildman–Crippen MR) is 65.1 cm³/mol. The summed E-state index contributed by atoms with van der Waals surface area (Å²) in [6.07, 6.45) is -1.52. The van der Waals surface area contributed by atoms with E-state index in [0.29, 0.717) is 0 Å². The van der Waals surface area contributed by atoms with E-state index in [0.717, 1.165) is 0 Å². The van der Waals surface area contributed by atoms with E-state index in [1.807, 2.05) is 0 Å². The van der Waals surface area contributed by atoms with Crippen molar-refractivity contribution >= 4 is 23.6 Å². The van der Waals surface area contributed by atoms with E-state index in [-0.39, 0.29) is 30.3 Å². The first-order valence-corrected chi connectivity index (χ1v) is 5.82. The number of hydrogen-bond acceptors (Lipinski definition) is 4. The third kappa shape index (κ3) is 3.43. The second-order valence-electron chi connectivity index (χ2n) is 4.41. The molecule has 0 aliphatic carbocycles. The molecule has 0 radical (unpaired) electrons. The summed E-state index contributed by atoms with van der Waals surface area (Å²) in [5.41, 5.74) is 0. The molecule has 0 aromatic heterocycles. The van der Waals surface area contributed by atoms with E-state index in [1.54, 1.807) is 0 Å². The van der Waals surface area contributed by atoms with Gasteiger partial charge in [-0.1, -0.05) is 0 Å². The topological polar surface area (TPSA) is 98.8 Å². The monoisotopic (exact) mass is 270 g/mol. The summed E-state index contributed by atoms with van der Waals surface area (Å²) < 4.78 is 0. The Hall–Kier alpha value is -2.12. The molecule has 0 bridgehead atoms. The van der Waals surface area contributed by atoms with Crippen LogP contribution < -0.4 is 10.6 Å². The van der Waals surface area contributed by atoms with Crippen LogP contribution in [-0.2, 0) is 19.2 Å². The highest BCUT2D eigenvalue weighted by Crippen LogP contribution is 2.18. The summed E-state index contributed by atoms with van der Waals surface area (Å²) in [6.45, 7) is 5.31. The van der Waals surface area contributed by atoms with Crippen molar-refractivity contribution in [2.24, 2.45) is 0 Å². The van der Waals surface area contributed by atoms with Crippen LogP contribution in [0.5, 0.6) is 0 Å². The molecule has 106 valence electrons. The summed E-state index contributed by atoms with van der Waals surface area (Å²) in [6, 6.07) is 0. The first-order chi connectivity index (χ1) is 8.73. The van der Waals surface area contributed by atoms with Crippen LogP contribution in [0.4, 0.5) is 0 Å². The van der Waals surface area contributed by atoms with Gasteiger partial charge in [0, 0.05) is 27.7 Å². The van der Waals surface area contributed by atoms with Crippen LogP contribution in [0.15, 0.2) is 0 Å². The molecule has 1 saturated heterocycles. The van der Waals surface area contributed by atoms with Crippen LogP contribution >= 0.6 is 0 Å².